The number of carbonyl (C=O) groups excluding carboxylic acids is 1. The Balaban J connectivity index is 2.84. The second kappa shape index (κ2) is 5.63. The molecule has 0 aliphatic rings. The Morgan fingerprint density at radius 1 is 1.41 bits per heavy atom. The quantitative estimate of drug-likeness (QED) is 0.547. The lowest BCUT2D eigenvalue weighted by atomic mass is 10.2. The molecule has 0 radical (unpaired) electrons. The Morgan fingerprint density at radius 3 is 2.29 bits per heavy atom. The molecule has 0 spiro atoms. The fraction of sp³-hybridized carbons (Fsp3) is 0.300. The van der Waals surface area contributed by atoms with Gasteiger partial charge in [0.15, 0.2) is 6.61 Å². The van der Waals surface area contributed by atoms with Crippen molar-refractivity contribution in [3.63, 3.8) is 0 Å². The van der Waals surface area contributed by atoms with Crippen molar-refractivity contribution < 1.29 is 23.4 Å². The predicted molar refractivity (Wildman–Crippen MR) is 74.4 cm³/mol. The second-order valence-electron chi connectivity index (χ2n) is 3.43. The number of benzene rings is 1. The van der Waals surface area contributed by atoms with Crippen LogP contribution in [0.3, 0.4) is 0 Å². The summed E-state index contributed by atoms with van der Waals surface area (Å²) in [4.78, 5) is 11.5. The van der Waals surface area contributed by atoms with Crippen molar-refractivity contribution in [1.29, 1.82) is 0 Å². The first-order valence-electron chi connectivity index (χ1n) is 4.43. The monoisotopic (exact) mass is 468 g/mol. The number of phenolic OH excluding ortho intramolecular Hbond substituents is 1. The molecule has 0 unspecified atom stereocenters. The van der Waals surface area contributed by atoms with Crippen molar-refractivity contribution in [2.45, 2.75) is 12.8 Å². The molecule has 17 heavy (non-hydrogen) atoms. The number of ether oxygens (including phenoxy) is 1. The number of hydrogen-bond acceptors (Lipinski definition) is 3. The SMILES string of the molecule is CC(F)(F)COC(=O)c1cc(I)c(O)c(I)c1. The molecule has 1 aromatic carbocycles. The van der Waals surface area contributed by atoms with E-state index in [1.54, 1.807) is 0 Å². The van der Waals surface area contributed by atoms with Crippen LogP contribution in [0.4, 0.5) is 8.78 Å². The summed E-state index contributed by atoms with van der Waals surface area (Å²) in [6.07, 6.45) is 0. The third-order valence-corrected chi connectivity index (χ3v) is 3.35. The van der Waals surface area contributed by atoms with Crippen molar-refractivity contribution in [2.75, 3.05) is 6.61 Å². The van der Waals surface area contributed by atoms with Gasteiger partial charge in [0, 0.05) is 6.92 Å². The van der Waals surface area contributed by atoms with Crippen LogP contribution in [0.2, 0.25) is 0 Å². The number of esters is 1. The zero-order valence-corrected chi connectivity index (χ0v) is 13.0. The normalized spacial score (nSPS) is 11.4. The molecule has 0 bridgehead atoms. The maximum Gasteiger partial charge on any atom is 0.338 e. The molecule has 7 heteroatoms. The molecule has 0 saturated heterocycles. The molecule has 0 heterocycles. The Labute approximate surface area is 124 Å². The molecule has 0 aromatic heterocycles. The maximum absolute atomic E-state index is 12.5. The zero-order valence-electron chi connectivity index (χ0n) is 8.64. The van der Waals surface area contributed by atoms with E-state index >= 15 is 0 Å². The Kier molecular flexibility index (Phi) is 4.93. The summed E-state index contributed by atoms with van der Waals surface area (Å²) in [5, 5.41) is 9.48. The summed E-state index contributed by atoms with van der Waals surface area (Å²) in [7, 11) is 0. The van der Waals surface area contributed by atoms with Crippen LogP contribution in [0.5, 0.6) is 5.75 Å². The minimum Gasteiger partial charge on any atom is -0.506 e. The minimum absolute atomic E-state index is 0.0589. The third kappa shape index (κ3) is 4.53. The Hall–Kier alpha value is -0.190. The summed E-state index contributed by atoms with van der Waals surface area (Å²) in [6, 6.07) is 2.77. The van der Waals surface area contributed by atoms with Gasteiger partial charge in [-0.15, -0.1) is 0 Å². The van der Waals surface area contributed by atoms with Gasteiger partial charge in [0.1, 0.15) is 5.75 Å². The average molecular weight is 468 g/mol. The minimum atomic E-state index is -3.05. The van der Waals surface area contributed by atoms with Crippen molar-refractivity contribution >= 4 is 51.2 Å². The lowest BCUT2D eigenvalue weighted by molar-refractivity contribution is -0.0467. The van der Waals surface area contributed by atoms with Gasteiger partial charge in [-0.05, 0) is 57.3 Å². The van der Waals surface area contributed by atoms with Crippen molar-refractivity contribution in [3.05, 3.63) is 24.8 Å². The topological polar surface area (TPSA) is 46.5 Å². The van der Waals surface area contributed by atoms with Crippen LogP contribution in [0.25, 0.3) is 0 Å². The van der Waals surface area contributed by atoms with Crippen molar-refractivity contribution in [1.82, 2.24) is 0 Å². The molecule has 94 valence electrons. The number of aromatic hydroxyl groups is 1. The highest BCUT2D eigenvalue weighted by atomic mass is 127. The summed E-state index contributed by atoms with van der Waals surface area (Å²) < 4.78 is 30.4. The predicted octanol–water partition coefficient (Wildman–Crippen LogP) is 3.41. The highest BCUT2D eigenvalue weighted by Crippen LogP contribution is 2.27. The largest absolute Gasteiger partial charge is 0.506 e. The number of alkyl halides is 2. The highest BCUT2D eigenvalue weighted by molar-refractivity contribution is 14.1. The summed E-state index contributed by atoms with van der Waals surface area (Å²) in [5.74, 6) is -3.82. The van der Waals surface area contributed by atoms with Crippen molar-refractivity contribution in [3.8, 4) is 5.75 Å². The first-order valence-corrected chi connectivity index (χ1v) is 6.59. The fourth-order valence-electron chi connectivity index (χ4n) is 0.959. The van der Waals surface area contributed by atoms with E-state index in [2.05, 4.69) is 4.74 Å². The van der Waals surface area contributed by atoms with Gasteiger partial charge in [0.2, 0.25) is 0 Å². The van der Waals surface area contributed by atoms with E-state index in [1.807, 2.05) is 45.2 Å². The first-order chi connectivity index (χ1) is 7.70. The Morgan fingerprint density at radius 2 is 1.88 bits per heavy atom. The van der Waals surface area contributed by atoms with Gasteiger partial charge in [0.25, 0.3) is 5.92 Å². The Bertz CT molecular complexity index is 421. The van der Waals surface area contributed by atoms with Crippen LogP contribution in [-0.2, 0) is 4.74 Å². The molecule has 0 amide bonds. The first kappa shape index (κ1) is 14.9. The maximum atomic E-state index is 12.5. The molecular weight excluding hydrogens is 460 g/mol. The van der Waals surface area contributed by atoms with E-state index < -0.39 is 18.5 Å². The second-order valence-corrected chi connectivity index (χ2v) is 5.76. The summed E-state index contributed by atoms with van der Waals surface area (Å²) >= 11 is 3.69. The van der Waals surface area contributed by atoms with E-state index in [0.29, 0.717) is 14.1 Å². The van der Waals surface area contributed by atoms with Gasteiger partial charge in [-0.25, -0.2) is 13.6 Å². The van der Waals surface area contributed by atoms with E-state index in [-0.39, 0.29) is 11.3 Å². The van der Waals surface area contributed by atoms with Crippen molar-refractivity contribution in [2.24, 2.45) is 0 Å². The highest BCUT2D eigenvalue weighted by Gasteiger charge is 2.24. The average Bonchev–Trinajstić information content (AvgIpc) is 2.20. The van der Waals surface area contributed by atoms with E-state index in [9.17, 15) is 18.7 Å². The van der Waals surface area contributed by atoms with Gasteiger partial charge in [-0.2, -0.15) is 0 Å². The van der Waals surface area contributed by atoms with E-state index in [0.717, 1.165) is 0 Å². The van der Waals surface area contributed by atoms with Crippen LogP contribution >= 0.6 is 45.2 Å². The molecule has 1 N–H and O–H groups in total. The molecular formula is C10H8F2I2O3. The number of rotatable bonds is 3. The summed E-state index contributed by atoms with van der Waals surface area (Å²) in [5.41, 5.74) is 0.140. The van der Waals surface area contributed by atoms with Crippen LogP contribution in [0.15, 0.2) is 12.1 Å². The van der Waals surface area contributed by atoms with Gasteiger partial charge in [0.05, 0.1) is 12.7 Å². The molecule has 3 nitrogen and oxygen atoms in total. The molecule has 1 aromatic rings. The van der Waals surface area contributed by atoms with Crippen LogP contribution in [0, 0.1) is 7.14 Å². The number of carbonyl (C=O) groups is 1. The molecule has 0 aliphatic carbocycles. The van der Waals surface area contributed by atoms with E-state index in [4.69, 9.17) is 0 Å². The third-order valence-electron chi connectivity index (χ3n) is 1.71. The van der Waals surface area contributed by atoms with Crippen LogP contribution < -0.4 is 0 Å². The molecule has 1 rings (SSSR count). The molecule has 0 fully saturated rings. The molecule has 0 atom stereocenters. The number of hydrogen-bond donors (Lipinski definition) is 1. The molecule has 0 saturated carbocycles. The van der Waals surface area contributed by atoms with Gasteiger partial charge < -0.3 is 9.84 Å². The zero-order chi connectivity index (χ0) is 13.2. The van der Waals surface area contributed by atoms with Crippen LogP contribution in [-0.4, -0.2) is 23.6 Å². The molecule has 0 aliphatic heterocycles. The number of halogens is 4. The van der Waals surface area contributed by atoms with Gasteiger partial charge in [-0.3, -0.25) is 0 Å². The summed E-state index contributed by atoms with van der Waals surface area (Å²) in [6.45, 7) is -0.287. The lowest BCUT2D eigenvalue weighted by Crippen LogP contribution is -2.21. The van der Waals surface area contributed by atoms with Gasteiger partial charge >= 0.3 is 5.97 Å². The standard InChI is InChI=1S/C10H8F2I2O3/c1-10(11,12)4-17-9(16)5-2-6(13)8(15)7(14)3-5/h2-3,15H,4H2,1H3. The smallest absolute Gasteiger partial charge is 0.338 e. The van der Waals surface area contributed by atoms with Crippen LogP contribution in [0.1, 0.15) is 17.3 Å². The van der Waals surface area contributed by atoms with Gasteiger partial charge in [-0.1, -0.05) is 0 Å². The van der Waals surface area contributed by atoms with E-state index in [1.165, 1.54) is 12.1 Å². The lowest BCUT2D eigenvalue weighted by Gasteiger charge is -2.11. The number of phenols is 1. The fourth-order valence-corrected chi connectivity index (χ4v) is 2.73.